The van der Waals surface area contributed by atoms with Gasteiger partial charge in [0, 0.05) is 30.3 Å². The summed E-state index contributed by atoms with van der Waals surface area (Å²) in [7, 11) is 1.12. The predicted octanol–water partition coefficient (Wildman–Crippen LogP) is 7.93. The van der Waals surface area contributed by atoms with Crippen molar-refractivity contribution in [1.29, 1.82) is 0 Å². The number of hydrogen-bond donors (Lipinski definition) is 0. The van der Waals surface area contributed by atoms with Crippen LogP contribution in [0.2, 0.25) is 23.2 Å². The second kappa shape index (κ2) is 15.1. The Balaban J connectivity index is 1.37. The Morgan fingerprint density at radius 2 is 1.58 bits per heavy atom. The average Bonchev–Trinajstić information content (AvgIpc) is 3.01. The van der Waals surface area contributed by atoms with E-state index in [0.29, 0.717) is 17.4 Å². The molecule has 0 bridgehead atoms. The number of ether oxygens (including phenoxy) is 3. The number of piperidine rings is 1. The van der Waals surface area contributed by atoms with Crippen molar-refractivity contribution in [2.24, 2.45) is 0 Å². The number of aromatic nitrogens is 2. The fourth-order valence-electron chi connectivity index (χ4n) is 5.51. The Hall–Kier alpha value is -2.98. The minimum absolute atomic E-state index is 0.0290. The van der Waals surface area contributed by atoms with Gasteiger partial charge in [0.1, 0.15) is 12.2 Å². The number of benzene rings is 2. The summed E-state index contributed by atoms with van der Waals surface area (Å²) in [5.41, 5.74) is 5.55. The van der Waals surface area contributed by atoms with Gasteiger partial charge in [0.2, 0.25) is 11.8 Å². The standard InChI is InChI=1S/C35H48ClN3O5Si/c1-24-25(14-11-19-39-20-17-27(18-21-39)44-45(7,8)35(2,3)4)12-9-15-28(24)29-16-10-13-26(31(29)36)23-43-34-37-32(41-5)30(22-40)33(38-34)42-6/h9-10,12-13,15-16,22,27H,11,14,17-21,23H2,1-8H3. The second-order valence-electron chi connectivity index (χ2n) is 13.2. The number of aldehydes is 1. The predicted molar refractivity (Wildman–Crippen MR) is 183 cm³/mol. The molecule has 1 saturated heterocycles. The molecule has 0 radical (unpaired) electrons. The highest BCUT2D eigenvalue weighted by molar-refractivity contribution is 6.74. The van der Waals surface area contributed by atoms with Gasteiger partial charge >= 0.3 is 6.01 Å². The summed E-state index contributed by atoms with van der Waals surface area (Å²) in [4.78, 5) is 22.4. The first-order valence-electron chi connectivity index (χ1n) is 15.7. The van der Waals surface area contributed by atoms with Gasteiger partial charge in [-0.2, -0.15) is 9.97 Å². The van der Waals surface area contributed by atoms with Gasteiger partial charge < -0.3 is 23.5 Å². The van der Waals surface area contributed by atoms with E-state index in [4.69, 9.17) is 30.2 Å². The SMILES string of the molecule is COc1nc(OCc2cccc(-c3cccc(CCCN4CCC(O[Si](C)(C)C(C)(C)C)CC4)c3C)c2Cl)nc(OC)c1C=O. The zero-order valence-corrected chi connectivity index (χ0v) is 29.8. The molecule has 0 amide bonds. The summed E-state index contributed by atoms with van der Waals surface area (Å²) in [5.74, 6) is 0.165. The maximum atomic E-state index is 11.4. The highest BCUT2D eigenvalue weighted by Gasteiger charge is 2.39. The van der Waals surface area contributed by atoms with Gasteiger partial charge in [0.15, 0.2) is 14.6 Å². The van der Waals surface area contributed by atoms with Crippen molar-refractivity contribution in [2.45, 2.75) is 84.2 Å². The first-order chi connectivity index (χ1) is 21.4. The van der Waals surface area contributed by atoms with Crippen LogP contribution in [0.1, 0.15) is 67.1 Å². The molecule has 3 aromatic rings. The fourth-order valence-corrected chi connectivity index (χ4v) is 7.22. The first kappa shape index (κ1) is 34.9. The molecule has 0 unspecified atom stereocenters. The number of methoxy groups -OCH3 is 2. The van der Waals surface area contributed by atoms with Gasteiger partial charge in [0.05, 0.1) is 19.2 Å². The molecular formula is C35H48ClN3O5Si. The topological polar surface area (TPSA) is 83.0 Å². The van der Waals surface area contributed by atoms with Crippen LogP contribution in [0, 0.1) is 6.92 Å². The molecule has 1 aliphatic heterocycles. The maximum Gasteiger partial charge on any atom is 0.323 e. The largest absolute Gasteiger partial charge is 0.480 e. The van der Waals surface area contributed by atoms with Gasteiger partial charge in [-0.25, -0.2) is 0 Å². The molecule has 10 heteroatoms. The summed E-state index contributed by atoms with van der Waals surface area (Å²) in [6.07, 6.45) is 5.35. The molecule has 0 atom stereocenters. The van der Waals surface area contributed by atoms with E-state index in [-0.39, 0.29) is 35.0 Å². The highest BCUT2D eigenvalue weighted by atomic mass is 35.5. The van der Waals surface area contributed by atoms with Crippen LogP contribution in [0.15, 0.2) is 36.4 Å². The number of aryl methyl sites for hydroxylation is 1. The molecule has 8 nitrogen and oxygen atoms in total. The first-order valence-corrected chi connectivity index (χ1v) is 19.0. The van der Waals surface area contributed by atoms with E-state index in [9.17, 15) is 4.79 Å². The Morgan fingerprint density at radius 3 is 2.16 bits per heavy atom. The normalized spacial score (nSPS) is 14.8. The van der Waals surface area contributed by atoms with Crippen LogP contribution in [0.4, 0.5) is 0 Å². The molecule has 0 spiro atoms. The fraction of sp³-hybridized carbons (Fsp3) is 0.514. The number of rotatable bonds is 13. The van der Waals surface area contributed by atoms with E-state index >= 15 is 0 Å². The van der Waals surface area contributed by atoms with Crippen LogP contribution in [0.25, 0.3) is 11.1 Å². The molecule has 1 aromatic heterocycles. The van der Waals surface area contributed by atoms with Crippen LogP contribution in [0.5, 0.6) is 17.8 Å². The molecule has 4 rings (SSSR count). The van der Waals surface area contributed by atoms with Crippen molar-refractivity contribution >= 4 is 26.2 Å². The summed E-state index contributed by atoms with van der Waals surface area (Å²) >= 11 is 6.95. The van der Waals surface area contributed by atoms with E-state index in [0.717, 1.165) is 62.0 Å². The van der Waals surface area contributed by atoms with Crippen molar-refractivity contribution in [2.75, 3.05) is 33.9 Å². The van der Waals surface area contributed by atoms with Gasteiger partial charge in [-0.05, 0) is 74.0 Å². The third-order valence-electron chi connectivity index (χ3n) is 9.25. The molecular weight excluding hydrogens is 606 g/mol. The molecule has 0 aliphatic carbocycles. The monoisotopic (exact) mass is 653 g/mol. The van der Waals surface area contributed by atoms with Crippen molar-refractivity contribution in [3.63, 3.8) is 0 Å². The van der Waals surface area contributed by atoms with E-state index in [2.05, 4.69) is 73.9 Å². The lowest BCUT2D eigenvalue weighted by Crippen LogP contribution is -2.47. The van der Waals surface area contributed by atoms with E-state index in [1.807, 2.05) is 18.2 Å². The Labute approximate surface area is 274 Å². The van der Waals surface area contributed by atoms with Gasteiger partial charge in [-0.15, -0.1) is 0 Å². The molecule has 244 valence electrons. The van der Waals surface area contributed by atoms with Crippen LogP contribution in [0.3, 0.4) is 0 Å². The minimum Gasteiger partial charge on any atom is -0.480 e. The Kier molecular flexibility index (Phi) is 11.7. The lowest BCUT2D eigenvalue weighted by molar-refractivity contribution is 0.0892. The summed E-state index contributed by atoms with van der Waals surface area (Å²) in [6.45, 7) is 17.3. The third kappa shape index (κ3) is 8.44. The van der Waals surface area contributed by atoms with E-state index < -0.39 is 8.32 Å². The highest BCUT2D eigenvalue weighted by Crippen LogP contribution is 2.39. The van der Waals surface area contributed by atoms with Crippen LogP contribution < -0.4 is 14.2 Å². The third-order valence-corrected chi connectivity index (χ3v) is 14.2. The van der Waals surface area contributed by atoms with Crippen LogP contribution >= 0.6 is 11.6 Å². The van der Waals surface area contributed by atoms with Crippen molar-refractivity contribution in [3.05, 3.63) is 63.7 Å². The van der Waals surface area contributed by atoms with Gasteiger partial charge in [0.25, 0.3) is 0 Å². The smallest absolute Gasteiger partial charge is 0.323 e. The van der Waals surface area contributed by atoms with Gasteiger partial charge in [-0.3, -0.25) is 4.79 Å². The molecule has 2 aromatic carbocycles. The lowest BCUT2D eigenvalue weighted by atomic mass is 9.93. The molecule has 0 saturated carbocycles. The van der Waals surface area contributed by atoms with Crippen LogP contribution in [-0.2, 0) is 17.5 Å². The van der Waals surface area contributed by atoms with Crippen molar-refractivity contribution in [1.82, 2.24) is 14.9 Å². The number of halogens is 1. The zero-order valence-electron chi connectivity index (χ0n) is 28.0. The Morgan fingerprint density at radius 1 is 0.978 bits per heavy atom. The quantitative estimate of drug-likeness (QED) is 0.136. The molecule has 1 fully saturated rings. The second-order valence-corrected chi connectivity index (χ2v) is 18.4. The molecule has 0 N–H and O–H groups in total. The number of hydrogen-bond acceptors (Lipinski definition) is 8. The Bertz CT molecular complexity index is 1440. The zero-order chi connectivity index (χ0) is 32.8. The van der Waals surface area contributed by atoms with Crippen molar-refractivity contribution < 1.29 is 23.4 Å². The van der Waals surface area contributed by atoms with Gasteiger partial charge in [-0.1, -0.05) is 68.8 Å². The summed E-state index contributed by atoms with van der Waals surface area (Å²) in [6, 6.07) is 12.4. The molecule has 2 heterocycles. The summed E-state index contributed by atoms with van der Waals surface area (Å²) in [5, 5.41) is 0.864. The summed E-state index contributed by atoms with van der Waals surface area (Å²) < 4.78 is 23.0. The van der Waals surface area contributed by atoms with Crippen molar-refractivity contribution in [3.8, 4) is 28.9 Å². The maximum absolute atomic E-state index is 11.4. The molecule has 1 aliphatic rings. The van der Waals surface area contributed by atoms with E-state index in [1.165, 1.54) is 25.3 Å². The minimum atomic E-state index is -1.72. The van der Waals surface area contributed by atoms with E-state index in [1.54, 1.807) is 0 Å². The lowest BCUT2D eigenvalue weighted by Gasteiger charge is -2.42. The molecule has 45 heavy (non-hydrogen) atoms. The number of carbonyl (C=O) groups is 1. The number of likely N-dealkylation sites (tertiary alicyclic amines) is 1. The number of nitrogens with zero attached hydrogens (tertiary/aromatic N) is 3. The number of carbonyl (C=O) groups excluding carboxylic acids is 1. The van der Waals surface area contributed by atoms with Crippen LogP contribution in [-0.4, -0.2) is 69.4 Å². The average molecular weight is 654 g/mol.